The van der Waals surface area contributed by atoms with Crippen LogP contribution in [0.15, 0.2) is 34.6 Å². The Morgan fingerprint density at radius 2 is 1.90 bits per heavy atom. The number of likely N-dealkylation sites (N-methyl/N-ethyl adjacent to an activating group) is 1. The van der Waals surface area contributed by atoms with Crippen molar-refractivity contribution in [3.63, 3.8) is 0 Å². The second kappa shape index (κ2) is 7.03. The van der Waals surface area contributed by atoms with Gasteiger partial charge >= 0.3 is 6.03 Å². The van der Waals surface area contributed by atoms with E-state index in [-0.39, 0.29) is 25.1 Å². The number of anilines is 1. The van der Waals surface area contributed by atoms with Crippen LogP contribution in [-0.2, 0) is 4.79 Å². The number of benzene rings is 1. The second-order valence-corrected chi connectivity index (χ2v) is 7.99. The van der Waals surface area contributed by atoms with Gasteiger partial charge in [-0.2, -0.15) is 0 Å². The monoisotopic (exact) mass is 417 g/mol. The summed E-state index contributed by atoms with van der Waals surface area (Å²) >= 11 is 6.25. The quantitative estimate of drug-likeness (QED) is 0.813. The molecule has 29 heavy (non-hydrogen) atoms. The number of aliphatic imine (C=N–C) groups is 1. The van der Waals surface area contributed by atoms with Gasteiger partial charge in [-0.3, -0.25) is 19.5 Å². The van der Waals surface area contributed by atoms with Crippen LogP contribution in [0.5, 0.6) is 0 Å². The number of allylic oxidation sites excluding steroid dienone is 2. The fourth-order valence-electron chi connectivity index (χ4n) is 4.16. The molecule has 0 bridgehead atoms. The SMILES string of the molecule is CC1=C(C)N2C(=NC3C2C(=O)N(CCCO)C(=O)N3C)N1c1cc(Cl)ccc1C. The van der Waals surface area contributed by atoms with E-state index in [1.807, 2.05) is 48.8 Å². The van der Waals surface area contributed by atoms with E-state index < -0.39 is 12.2 Å². The zero-order valence-corrected chi connectivity index (χ0v) is 17.6. The molecule has 1 N–H and O–H groups in total. The van der Waals surface area contributed by atoms with Gasteiger partial charge < -0.3 is 10.0 Å². The number of aryl methyl sites for hydroxylation is 1. The van der Waals surface area contributed by atoms with Gasteiger partial charge in [0.2, 0.25) is 5.96 Å². The summed E-state index contributed by atoms with van der Waals surface area (Å²) in [6.45, 7) is 6.03. The molecule has 2 atom stereocenters. The van der Waals surface area contributed by atoms with Crippen LogP contribution in [0.3, 0.4) is 0 Å². The highest BCUT2D eigenvalue weighted by Gasteiger charge is 2.55. The van der Waals surface area contributed by atoms with Crippen molar-refractivity contribution in [3.8, 4) is 0 Å². The predicted molar refractivity (Wildman–Crippen MR) is 110 cm³/mol. The number of aliphatic hydroxyl groups is 1. The van der Waals surface area contributed by atoms with Crippen molar-refractivity contribution in [3.05, 3.63) is 40.2 Å². The van der Waals surface area contributed by atoms with Crippen LogP contribution in [0, 0.1) is 6.92 Å². The van der Waals surface area contributed by atoms with Gasteiger partial charge in [-0.1, -0.05) is 17.7 Å². The van der Waals surface area contributed by atoms with Gasteiger partial charge in [-0.05, 0) is 44.9 Å². The van der Waals surface area contributed by atoms with Crippen LogP contribution >= 0.6 is 11.6 Å². The maximum atomic E-state index is 13.2. The molecule has 1 aromatic carbocycles. The van der Waals surface area contributed by atoms with Gasteiger partial charge in [-0.25, -0.2) is 9.79 Å². The van der Waals surface area contributed by atoms with Gasteiger partial charge in [0.1, 0.15) is 0 Å². The standard InChI is InChI=1S/C20H24ClN5O3/c1-11-6-7-14(21)10-15(11)25-12(2)13(3)26-16-17(22-19(25)26)23(4)20(29)24(18(16)28)8-5-9-27/h6-7,10,16-17,27H,5,8-9H2,1-4H3. The minimum Gasteiger partial charge on any atom is -0.396 e. The first-order valence-electron chi connectivity index (χ1n) is 9.57. The summed E-state index contributed by atoms with van der Waals surface area (Å²) in [6.07, 6.45) is -0.251. The third-order valence-electron chi connectivity index (χ3n) is 5.84. The van der Waals surface area contributed by atoms with Crippen molar-refractivity contribution in [2.75, 3.05) is 25.1 Å². The number of imide groups is 1. The molecule has 9 heteroatoms. The van der Waals surface area contributed by atoms with E-state index in [1.54, 1.807) is 7.05 Å². The number of guanidine groups is 1. The van der Waals surface area contributed by atoms with Gasteiger partial charge in [0.25, 0.3) is 5.91 Å². The summed E-state index contributed by atoms with van der Waals surface area (Å²) < 4.78 is 0. The van der Waals surface area contributed by atoms with E-state index in [9.17, 15) is 9.59 Å². The number of hydrogen-bond donors (Lipinski definition) is 1. The van der Waals surface area contributed by atoms with Crippen molar-refractivity contribution in [2.45, 2.75) is 39.4 Å². The number of carbonyl (C=O) groups is 2. The molecule has 3 amide bonds. The molecule has 0 saturated carbocycles. The van der Waals surface area contributed by atoms with E-state index in [1.165, 1.54) is 9.80 Å². The summed E-state index contributed by atoms with van der Waals surface area (Å²) in [7, 11) is 1.66. The molecule has 1 fully saturated rings. The minimum atomic E-state index is -0.620. The Bertz CT molecular complexity index is 959. The summed E-state index contributed by atoms with van der Waals surface area (Å²) in [5, 5.41) is 9.75. The van der Waals surface area contributed by atoms with E-state index >= 15 is 0 Å². The number of urea groups is 1. The highest BCUT2D eigenvalue weighted by atomic mass is 35.5. The molecule has 8 nitrogen and oxygen atoms in total. The largest absolute Gasteiger partial charge is 0.396 e. The first kappa shape index (κ1) is 19.7. The maximum Gasteiger partial charge on any atom is 0.328 e. The predicted octanol–water partition coefficient (Wildman–Crippen LogP) is 2.36. The van der Waals surface area contributed by atoms with Gasteiger partial charge in [0, 0.05) is 36.6 Å². The number of hydrogen-bond acceptors (Lipinski definition) is 6. The minimum absolute atomic E-state index is 0.0831. The van der Waals surface area contributed by atoms with Crippen LogP contribution in [0.4, 0.5) is 10.5 Å². The van der Waals surface area contributed by atoms with Crippen molar-refractivity contribution in [1.29, 1.82) is 0 Å². The van der Waals surface area contributed by atoms with Crippen molar-refractivity contribution in [1.82, 2.24) is 14.7 Å². The number of fused-ring (bicyclic) bond motifs is 3. The van der Waals surface area contributed by atoms with Crippen LogP contribution in [0.1, 0.15) is 25.8 Å². The maximum absolute atomic E-state index is 13.2. The number of halogens is 1. The second-order valence-electron chi connectivity index (χ2n) is 7.56. The molecule has 3 aliphatic rings. The lowest BCUT2D eigenvalue weighted by atomic mass is 10.1. The highest BCUT2D eigenvalue weighted by molar-refractivity contribution is 6.31. The van der Waals surface area contributed by atoms with Crippen molar-refractivity contribution >= 4 is 35.2 Å². The molecule has 0 spiro atoms. The van der Waals surface area contributed by atoms with E-state index in [4.69, 9.17) is 21.7 Å². The molecule has 0 radical (unpaired) electrons. The molecular formula is C20H24ClN5O3. The number of nitrogens with zero attached hydrogens (tertiary/aromatic N) is 5. The zero-order valence-electron chi connectivity index (χ0n) is 16.9. The summed E-state index contributed by atoms with van der Waals surface area (Å²) in [5.41, 5.74) is 3.80. The smallest absolute Gasteiger partial charge is 0.328 e. The van der Waals surface area contributed by atoms with Crippen LogP contribution in [-0.4, -0.2) is 70.1 Å². The zero-order chi connectivity index (χ0) is 21.0. The highest BCUT2D eigenvalue weighted by Crippen LogP contribution is 2.41. The third-order valence-corrected chi connectivity index (χ3v) is 6.08. The molecule has 0 aliphatic carbocycles. The molecule has 4 rings (SSSR count). The van der Waals surface area contributed by atoms with Gasteiger partial charge in [0.15, 0.2) is 12.2 Å². The molecule has 3 heterocycles. The lowest BCUT2D eigenvalue weighted by Gasteiger charge is -2.40. The summed E-state index contributed by atoms with van der Waals surface area (Å²) in [4.78, 5) is 37.4. The Balaban J connectivity index is 1.77. The molecule has 2 unspecified atom stereocenters. The fourth-order valence-corrected chi connectivity index (χ4v) is 4.33. The number of carbonyl (C=O) groups excluding carboxylic acids is 2. The van der Waals surface area contributed by atoms with Gasteiger partial charge in [0.05, 0.1) is 5.69 Å². The number of amides is 3. The third kappa shape index (κ3) is 2.81. The molecular weight excluding hydrogens is 394 g/mol. The topological polar surface area (TPSA) is 79.7 Å². The van der Waals surface area contributed by atoms with Crippen LogP contribution < -0.4 is 4.90 Å². The summed E-state index contributed by atoms with van der Waals surface area (Å²) in [6, 6.07) is 4.66. The Hall–Kier alpha value is -2.58. The number of rotatable bonds is 4. The van der Waals surface area contributed by atoms with Crippen molar-refractivity contribution < 1.29 is 14.7 Å². The van der Waals surface area contributed by atoms with E-state index in [0.717, 1.165) is 22.6 Å². The summed E-state index contributed by atoms with van der Waals surface area (Å²) in [5.74, 6) is 0.333. The van der Waals surface area contributed by atoms with E-state index in [2.05, 4.69) is 0 Å². The average molecular weight is 418 g/mol. The number of aliphatic hydroxyl groups excluding tert-OH is 1. The molecule has 1 aromatic rings. The van der Waals surface area contributed by atoms with E-state index in [0.29, 0.717) is 17.4 Å². The lowest BCUT2D eigenvalue weighted by molar-refractivity contribution is -0.136. The molecule has 1 saturated heterocycles. The van der Waals surface area contributed by atoms with Gasteiger partial charge in [-0.15, -0.1) is 0 Å². The molecule has 3 aliphatic heterocycles. The normalized spacial score (nSPS) is 23.9. The molecule has 0 aromatic heterocycles. The Kier molecular flexibility index (Phi) is 4.78. The Labute approximate surface area is 174 Å². The first-order chi connectivity index (χ1) is 13.8. The Morgan fingerprint density at radius 3 is 2.59 bits per heavy atom. The Morgan fingerprint density at radius 1 is 1.17 bits per heavy atom. The van der Waals surface area contributed by atoms with Crippen molar-refractivity contribution in [2.24, 2.45) is 4.99 Å². The average Bonchev–Trinajstić information content (AvgIpc) is 3.18. The lowest BCUT2D eigenvalue weighted by Crippen LogP contribution is -2.64. The molecule has 154 valence electrons. The van der Waals surface area contributed by atoms with Crippen LogP contribution in [0.25, 0.3) is 0 Å². The first-order valence-corrected chi connectivity index (χ1v) is 9.95. The van der Waals surface area contributed by atoms with Crippen LogP contribution in [0.2, 0.25) is 5.02 Å². The fraction of sp³-hybridized carbons (Fsp3) is 0.450.